The zero-order valence-electron chi connectivity index (χ0n) is 16.1. The first-order valence-corrected chi connectivity index (χ1v) is 10.4. The molecule has 2 heterocycles. The lowest BCUT2D eigenvalue weighted by atomic mass is 9.98. The summed E-state index contributed by atoms with van der Waals surface area (Å²) in [6, 6.07) is 3.74. The highest BCUT2D eigenvalue weighted by atomic mass is 16.5. The molecule has 1 aromatic rings. The maximum atomic E-state index is 12.6. The van der Waals surface area contributed by atoms with Crippen LogP contribution in [0.1, 0.15) is 70.6 Å². The first-order valence-electron chi connectivity index (χ1n) is 10.4. The molecule has 0 spiro atoms. The van der Waals surface area contributed by atoms with Gasteiger partial charge in [-0.15, -0.1) is 0 Å². The number of nitrogens with one attached hydrogen (secondary N) is 1. The van der Waals surface area contributed by atoms with E-state index in [0.717, 1.165) is 25.7 Å². The number of amides is 2. The van der Waals surface area contributed by atoms with E-state index in [1.807, 2.05) is 0 Å². The van der Waals surface area contributed by atoms with Gasteiger partial charge >= 0.3 is 0 Å². The zero-order chi connectivity index (χ0) is 18.9. The molecule has 1 aromatic heterocycles. The average molecular weight is 373 g/mol. The van der Waals surface area contributed by atoms with Crippen molar-refractivity contribution in [2.45, 2.75) is 76.7 Å². The zero-order valence-corrected chi connectivity index (χ0v) is 16.1. The summed E-state index contributed by atoms with van der Waals surface area (Å²) in [6.45, 7) is -0.0435. The molecule has 27 heavy (non-hydrogen) atoms. The van der Waals surface area contributed by atoms with Crippen LogP contribution in [0, 0.1) is 0 Å². The number of hydrogen-bond acceptors (Lipinski definition) is 4. The van der Waals surface area contributed by atoms with Gasteiger partial charge in [0, 0.05) is 12.2 Å². The summed E-state index contributed by atoms with van der Waals surface area (Å²) in [7, 11) is 0. The molecule has 0 aromatic carbocycles. The molecule has 6 nitrogen and oxygen atoms in total. The molecule has 3 rings (SSSR count). The molecule has 1 aliphatic heterocycles. The molecule has 6 heteroatoms. The minimum Gasteiger partial charge on any atom is -0.480 e. The fourth-order valence-electron chi connectivity index (χ4n) is 3.92. The molecule has 0 bridgehead atoms. The number of ether oxygens (including phenoxy) is 1. The highest BCUT2D eigenvalue weighted by molar-refractivity contribution is 6.01. The van der Waals surface area contributed by atoms with E-state index in [9.17, 15) is 9.59 Å². The SMILES string of the molecule is O=C(CN1C(=O)COc2cccnc21)NC1CCCCCCCCCCC1. The second-order valence-corrected chi connectivity index (χ2v) is 7.62. The highest BCUT2D eigenvalue weighted by Crippen LogP contribution is 2.28. The predicted octanol–water partition coefficient (Wildman–Crippen LogP) is 3.60. The fourth-order valence-corrected chi connectivity index (χ4v) is 3.92. The van der Waals surface area contributed by atoms with Gasteiger partial charge in [-0.3, -0.25) is 14.5 Å². The molecule has 1 aliphatic carbocycles. The Hall–Kier alpha value is -2.11. The van der Waals surface area contributed by atoms with Crippen LogP contribution in [-0.2, 0) is 9.59 Å². The average Bonchev–Trinajstić information content (AvgIpc) is 2.66. The molecule has 0 radical (unpaired) electrons. The largest absolute Gasteiger partial charge is 0.480 e. The summed E-state index contributed by atoms with van der Waals surface area (Å²) >= 11 is 0. The van der Waals surface area contributed by atoms with Gasteiger partial charge in [-0.05, 0) is 25.0 Å². The van der Waals surface area contributed by atoms with Gasteiger partial charge in [0.2, 0.25) is 5.91 Å². The molecule has 0 unspecified atom stereocenters. The molecule has 2 amide bonds. The van der Waals surface area contributed by atoms with Gasteiger partial charge in [0.15, 0.2) is 18.2 Å². The van der Waals surface area contributed by atoms with E-state index in [2.05, 4.69) is 10.3 Å². The molecule has 2 aliphatic rings. The van der Waals surface area contributed by atoms with E-state index in [1.54, 1.807) is 18.3 Å². The summed E-state index contributed by atoms with van der Waals surface area (Å²) < 4.78 is 5.39. The third-order valence-electron chi connectivity index (χ3n) is 5.43. The van der Waals surface area contributed by atoms with Crippen molar-refractivity contribution in [3.8, 4) is 5.75 Å². The van der Waals surface area contributed by atoms with Crippen molar-refractivity contribution in [1.82, 2.24) is 10.3 Å². The Bertz CT molecular complexity index is 623. The van der Waals surface area contributed by atoms with Crippen LogP contribution in [0.3, 0.4) is 0 Å². The van der Waals surface area contributed by atoms with E-state index in [-0.39, 0.29) is 31.0 Å². The van der Waals surface area contributed by atoms with Crippen LogP contribution in [0.5, 0.6) is 5.75 Å². The van der Waals surface area contributed by atoms with E-state index in [0.29, 0.717) is 11.6 Å². The van der Waals surface area contributed by atoms with Crippen molar-refractivity contribution in [2.24, 2.45) is 0 Å². The monoisotopic (exact) mass is 373 g/mol. The highest BCUT2D eigenvalue weighted by Gasteiger charge is 2.28. The van der Waals surface area contributed by atoms with Crippen LogP contribution in [0.4, 0.5) is 5.82 Å². The summed E-state index contributed by atoms with van der Waals surface area (Å²) in [5.74, 6) is 0.646. The third-order valence-corrected chi connectivity index (χ3v) is 5.43. The minimum atomic E-state index is -0.227. The lowest BCUT2D eigenvalue weighted by Gasteiger charge is -2.28. The van der Waals surface area contributed by atoms with Gasteiger partial charge in [0.25, 0.3) is 5.91 Å². The van der Waals surface area contributed by atoms with Crippen molar-refractivity contribution in [3.05, 3.63) is 18.3 Å². The molecule has 0 saturated heterocycles. The lowest BCUT2D eigenvalue weighted by molar-refractivity contribution is -0.125. The summed E-state index contributed by atoms with van der Waals surface area (Å²) in [5, 5.41) is 3.17. The lowest BCUT2D eigenvalue weighted by Crippen LogP contribution is -2.47. The van der Waals surface area contributed by atoms with Crippen molar-refractivity contribution in [3.63, 3.8) is 0 Å². The van der Waals surface area contributed by atoms with Gasteiger partial charge < -0.3 is 10.1 Å². The van der Waals surface area contributed by atoms with Crippen LogP contribution in [0.25, 0.3) is 0 Å². The van der Waals surface area contributed by atoms with E-state index in [4.69, 9.17) is 4.74 Å². The molecular weight excluding hydrogens is 342 g/mol. The number of carbonyl (C=O) groups is 2. The molecule has 1 fully saturated rings. The summed E-state index contributed by atoms with van der Waals surface area (Å²) in [6.07, 6.45) is 15.1. The number of rotatable bonds is 3. The number of aromatic nitrogens is 1. The first-order chi connectivity index (χ1) is 13.2. The van der Waals surface area contributed by atoms with E-state index in [1.165, 1.54) is 49.8 Å². The van der Waals surface area contributed by atoms with Crippen LogP contribution < -0.4 is 15.0 Å². The Morgan fingerprint density at radius 3 is 2.37 bits per heavy atom. The van der Waals surface area contributed by atoms with E-state index < -0.39 is 0 Å². The Labute approximate surface area is 161 Å². The standard InChI is InChI=1S/C21H31N3O3/c25-19(15-24-20(26)16-27-18-13-10-14-22-21(18)24)23-17-11-8-6-4-2-1-3-5-7-9-12-17/h10,13-14,17H,1-9,11-12,15-16H2,(H,23,25). The second-order valence-electron chi connectivity index (χ2n) is 7.62. The van der Waals surface area contributed by atoms with Gasteiger partial charge in [-0.25, -0.2) is 4.98 Å². The van der Waals surface area contributed by atoms with Crippen LogP contribution in [-0.4, -0.2) is 36.0 Å². The summed E-state index contributed by atoms with van der Waals surface area (Å²) in [4.78, 5) is 30.5. The quantitative estimate of drug-likeness (QED) is 0.879. The first kappa shape index (κ1) is 19.6. The smallest absolute Gasteiger partial charge is 0.266 e. The van der Waals surface area contributed by atoms with E-state index >= 15 is 0 Å². The molecule has 0 atom stereocenters. The van der Waals surface area contributed by atoms with Crippen molar-refractivity contribution in [1.29, 1.82) is 0 Å². The van der Waals surface area contributed by atoms with Gasteiger partial charge in [-0.1, -0.05) is 57.8 Å². The maximum absolute atomic E-state index is 12.6. The fraction of sp³-hybridized carbons (Fsp3) is 0.667. The molecular formula is C21H31N3O3. The Morgan fingerprint density at radius 1 is 1.07 bits per heavy atom. The Morgan fingerprint density at radius 2 is 1.70 bits per heavy atom. The maximum Gasteiger partial charge on any atom is 0.266 e. The predicted molar refractivity (Wildman–Crippen MR) is 105 cm³/mol. The Balaban J connectivity index is 1.56. The number of anilines is 1. The van der Waals surface area contributed by atoms with Gasteiger partial charge in [0.1, 0.15) is 6.54 Å². The van der Waals surface area contributed by atoms with Crippen molar-refractivity contribution < 1.29 is 14.3 Å². The summed E-state index contributed by atoms with van der Waals surface area (Å²) in [5.41, 5.74) is 0. The second kappa shape index (κ2) is 10.3. The molecule has 148 valence electrons. The van der Waals surface area contributed by atoms with Crippen LogP contribution >= 0.6 is 0 Å². The van der Waals surface area contributed by atoms with Gasteiger partial charge in [-0.2, -0.15) is 0 Å². The van der Waals surface area contributed by atoms with Crippen LogP contribution in [0.2, 0.25) is 0 Å². The number of pyridine rings is 1. The number of carbonyl (C=O) groups excluding carboxylic acids is 2. The number of fused-ring (bicyclic) bond motifs is 1. The van der Waals surface area contributed by atoms with Crippen molar-refractivity contribution in [2.75, 3.05) is 18.1 Å². The minimum absolute atomic E-state index is 0.00269. The van der Waals surface area contributed by atoms with Crippen molar-refractivity contribution >= 4 is 17.6 Å². The molecule has 1 saturated carbocycles. The number of nitrogens with zero attached hydrogens (tertiary/aromatic N) is 2. The Kier molecular flexibility index (Phi) is 7.48. The number of hydrogen-bond donors (Lipinski definition) is 1. The van der Waals surface area contributed by atoms with Gasteiger partial charge in [0.05, 0.1) is 0 Å². The van der Waals surface area contributed by atoms with Crippen LogP contribution in [0.15, 0.2) is 18.3 Å². The third kappa shape index (κ3) is 5.94. The normalized spacial score (nSPS) is 20.0. The topological polar surface area (TPSA) is 71.5 Å². The molecule has 1 N–H and O–H groups in total.